The first-order chi connectivity index (χ1) is 9.23. The third kappa shape index (κ3) is 2.40. The average Bonchev–Trinajstić information content (AvgIpc) is 3.01. The van der Waals surface area contributed by atoms with Gasteiger partial charge in [0.1, 0.15) is 5.60 Å². The highest BCUT2D eigenvalue weighted by Crippen LogP contribution is 2.37. The second kappa shape index (κ2) is 5.19. The predicted molar refractivity (Wildman–Crippen MR) is 73.0 cm³/mol. The zero-order valence-electron chi connectivity index (χ0n) is 11.8. The number of methoxy groups -OCH3 is 1. The van der Waals surface area contributed by atoms with E-state index in [0.29, 0.717) is 0 Å². The van der Waals surface area contributed by atoms with Crippen LogP contribution in [0.2, 0.25) is 0 Å². The fourth-order valence-corrected chi connectivity index (χ4v) is 3.36. The smallest absolute Gasteiger partial charge is 0.108 e. The summed E-state index contributed by atoms with van der Waals surface area (Å²) in [4.78, 5) is 6.66. The van der Waals surface area contributed by atoms with Gasteiger partial charge in [-0.3, -0.25) is 9.88 Å². The van der Waals surface area contributed by atoms with Crippen molar-refractivity contribution in [2.24, 2.45) is 0 Å². The maximum atomic E-state index is 6.02. The molecule has 0 aromatic carbocycles. The van der Waals surface area contributed by atoms with Crippen molar-refractivity contribution in [3.63, 3.8) is 0 Å². The van der Waals surface area contributed by atoms with Crippen molar-refractivity contribution in [1.82, 2.24) is 9.88 Å². The largest absolute Gasteiger partial charge is 0.377 e. The lowest BCUT2D eigenvalue weighted by Gasteiger charge is -2.28. The van der Waals surface area contributed by atoms with Crippen LogP contribution in [0.4, 0.5) is 0 Å². The van der Waals surface area contributed by atoms with Gasteiger partial charge in [0.25, 0.3) is 0 Å². The van der Waals surface area contributed by atoms with Crippen LogP contribution in [0.25, 0.3) is 0 Å². The molecule has 4 nitrogen and oxygen atoms in total. The van der Waals surface area contributed by atoms with Crippen LogP contribution < -0.4 is 0 Å². The van der Waals surface area contributed by atoms with E-state index in [4.69, 9.17) is 9.47 Å². The second-order valence-electron chi connectivity index (χ2n) is 5.71. The van der Waals surface area contributed by atoms with E-state index < -0.39 is 0 Å². The van der Waals surface area contributed by atoms with Crippen molar-refractivity contribution in [2.75, 3.05) is 26.8 Å². The zero-order chi connectivity index (χ0) is 13.3. The van der Waals surface area contributed by atoms with Gasteiger partial charge in [-0.2, -0.15) is 0 Å². The molecule has 0 aliphatic carbocycles. The summed E-state index contributed by atoms with van der Waals surface area (Å²) in [6.07, 6.45) is 6.29. The summed E-state index contributed by atoms with van der Waals surface area (Å²) in [6, 6.07) is 2.07. The minimum absolute atomic E-state index is 0.0646. The van der Waals surface area contributed by atoms with Gasteiger partial charge in [0.2, 0.25) is 0 Å². The summed E-state index contributed by atoms with van der Waals surface area (Å²) >= 11 is 0. The minimum atomic E-state index is -0.0646. The third-order valence-electron chi connectivity index (χ3n) is 4.46. The van der Waals surface area contributed by atoms with E-state index in [1.54, 1.807) is 7.11 Å². The highest BCUT2D eigenvalue weighted by molar-refractivity contribution is 5.21. The van der Waals surface area contributed by atoms with Gasteiger partial charge >= 0.3 is 0 Å². The first-order valence-electron chi connectivity index (χ1n) is 7.02. The van der Waals surface area contributed by atoms with Crippen LogP contribution in [0.1, 0.15) is 24.0 Å². The van der Waals surface area contributed by atoms with Crippen molar-refractivity contribution in [3.8, 4) is 0 Å². The first-order valence-corrected chi connectivity index (χ1v) is 7.02. The lowest BCUT2D eigenvalue weighted by molar-refractivity contribution is -0.0756. The van der Waals surface area contributed by atoms with Crippen molar-refractivity contribution < 1.29 is 9.47 Å². The van der Waals surface area contributed by atoms with E-state index >= 15 is 0 Å². The van der Waals surface area contributed by atoms with Crippen LogP contribution >= 0.6 is 0 Å². The highest BCUT2D eigenvalue weighted by atomic mass is 16.6. The zero-order valence-corrected chi connectivity index (χ0v) is 11.8. The molecule has 1 spiro atoms. The molecule has 2 atom stereocenters. The molecule has 3 heterocycles. The van der Waals surface area contributed by atoms with Gasteiger partial charge in [-0.25, -0.2) is 0 Å². The Balaban J connectivity index is 1.72. The van der Waals surface area contributed by atoms with E-state index in [2.05, 4.69) is 22.9 Å². The lowest BCUT2D eigenvalue weighted by atomic mass is 9.96. The number of likely N-dealkylation sites (tertiary alicyclic amines) is 1. The molecule has 2 aliphatic rings. The molecule has 1 aromatic heterocycles. The molecular weight excluding hydrogens is 240 g/mol. The second-order valence-corrected chi connectivity index (χ2v) is 5.71. The average molecular weight is 262 g/mol. The maximum Gasteiger partial charge on any atom is 0.108 e. The molecule has 2 aliphatic heterocycles. The molecule has 4 heteroatoms. The standard InChI is InChI=1S/C15H22N2O2/c1-12-4-6-16-8-13(12)9-17-10-14(18-2)15(11-17)5-3-7-19-15/h4,6,8,14H,3,5,7,9-11H2,1-2H3/t14-,15-/m0/s1. The third-order valence-corrected chi connectivity index (χ3v) is 4.46. The number of aromatic nitrogens is 1. The van der Waals surface area contributed by atoms with Crippen LogP contribution in [-0.4, -0.2) is 48.4 Å². The Morgan fingerprint density at radius 2 is 2.47 bits per heavy atom. The number of pyridine rings is 1. The van der Waals surface area contributed by atoms with Crippen LogP contribution in [0.5, 0.6) is 0 Å². The number of hydrogen-bond donors (Lipinski definition) is 0. The Kier molecular flexibility index (Phi) is 3.56. The Hall–Kier alpha value is -0.970. The quantitative estimate of drug-likeness (QED) is 0.831. The summed E-state index contributed by atoms with van der Waals surface area (Å²) in [5, 5.41) is 0. The van der Waals surface area contributed by atoms with E-state index in [9.17, 15) is 0 Å². The van der Waals surface area contributed by atoms with Gasteiger partial charge in [-0.05, 0) is 37.0 Å². The fourth-order valence-electron chi connectivity index (χ4n) is 3.36. The Labute approximate surface area is 114 Å². The molecule has 0 bridgehead atoms. The SMILES string of the molecule is CO[C@H]1CN(Cc2cnccc2C)C[C@@]12CCCO2. The van der Waals surface area contributed by atoms with E-state index in [0.717, 1.165) is 39.1 Å². The maximum absolute atomic E-state index is 6.02. The van der Waals surface area contributed by atoms with Gasteiger partial charge in [-0.1, -0.05) is 0 Å². The summed E-state index contributed by atoms with van der Waals surface area (Å²) in [5.41, 5.74) is 2.54. The topological polar surface area (TPSA) is 34.6 Å². The first kappa shape index (κ1) is 13.0. The van der Waals surface area contributed by atoms with Crippen molar-refractivity contribution >= 4 is 0 Å². The summed E-state index contributed by atoms with van der Waals surface area (Å²) in [5.74, 6) is 0. The Morgan fingerprint density at radius 3 is 3.16 bits per heavy atom. The Morgan fingerprint density at radius 1 is 1.58 bits per heavy atom. The lowest BCUT2D eigenvalue weighted by Crippen LogP contribution is -2.41. The molecule has 3 rings (SSSR count). The van der Waals surface area contributed by atoms with E-state index in [1.807, 2.05) is 12.4 Å². The molecule has 19 heavy (non-hydrogen) atoms. The summed E-state index contributed by atoms with van der Waals surface area (Å²) < 4.78 is 11.7. The molecule has 2 fully saturated rings. The number of hydrogen-bond acceptors (Lipinski definition) is 4. The molecule has 0 unspecified atom stereocenters. The summed E-state index contributed by atoms with van der Waals surface area (Å²) in [6.45, 7) is 5.87. The molecule has 0 saturated carbocycles. The number of rotatable bonds is 3. The molecular formula is C15H22N2O2. The fraction of sp³-hybridized carbons (Fsp3) is 0.667. The molecule has 0 radical (unpaired) electrons. The molecule has 104 valence electrons. The molecule has 0 amide bonds. The van der Waals surface area contributed by atoms with Gasteiger partial charge in [0.15, 0.2) is 0 Å². The van der Waals surface area contributed by atoms with Crippen LogP contribution in [0.3, 0.4) is 0 Å². The van der Waals surface area contributed by atoms with Crippen molar-refractivity contribution in [3.05, 3.63) is 29.6 Å². The molecule has 1 aromatic rings. The van der Waals surface area contributed by atoms with Crippen LogP contribution in [-0.2, 0) is 16.0 Å². The number of ether oxygens (including phenoxy) is 2. The van der Waals surface area contributed by atoms with Gasteiger partial charge < -0.3 is 9.47 Å². The minimum Gasteiger partial charge on any atom is -0.377 e. The molecule has 2 saturated heterocycles. The Bertz CT molecular complexity index is 444. The highest BCUT2D eigenvalue weighted by Gasteiger charge is 2.49. The van der Waals surface area contributed by atoms with Crippen LogP contribution in [0, 0.1) is 6.92 Å². The van der Waals surface area contributed by atoms with Crippen molar-refractivity contribution in [1.29, 1.82) is 0 Å². The molecule has 0 N–H and O–H groups in total. The van der Waals surface area contributed by atoms with Gasteiger partial charge in [0.05, 0.1) is 6.10 Å². The van der Waals surface area contributed by atoms with E-state index in [1.165, 1.54) is 11.1 Å². The number of aryl methyl sites for hydroxylation is 1. The monoisotopic (exact) mass is 262 g/mol. The normalized spacial score (nSPS) is 31.4. The van der Waals surface area contributed by atoms with E-state index in [-0.39, 0.29) is 11.7 Å². The summed E-state index contributed by atoms with van der Waals surface area (Å²) in [7, 11) is 1.80. The number of nitrogens with zero attached hydrogens (tertiary/aromatic N) is 2. The van der Waals surface area contributed by atoms with Crippen LogP contribution in [0.15, 0.2) is 18.5 Å². The predicted octanol–water partition coefficient (Wildman–Crippen LogP) is 1.77. The van der Waals surface area contributed by atoms with Gasteiger partial charge in [-0.15, -0.1) is 0 Å². The van der Waals surface area contributed by atoms with Gasteiger partial charge in [0, 0.05) is 45.7 Å². The van der Waals surface area contributed by atoms with Crippen molar-refractivity contribution in [2.45, 2.75) is 38.0 Å².